The van der Waals surface area contributed by atoms with Gasteiger partial charge in [-0.3, -0.25) is 14.5 Å². The second kappa shape index (κ2) is 6.48. The molecule has 4 nitrogen and oxygen atoms in total. The summed E-state index contributed by atoms with van der Waals surface area (Å²) in [4.78, 5) is 26.1. The summed E-state index contributed by atoms with van der Waals surface area (Å²) in [5, 5.41) is 0. The summed E-state index contributed by atoms with van der Waals surface area (Å²) in [6.07, 6.45) is 0. The Labute approximate surface area is 142 Å². The highest BCUT2D eigenvalue weighted by molar-refractivity contribution is 6.21. The number of amides is 2. The second-order valence-electron chi connectivity index (χ2n) is 6.40. The number of fused-ring (bicyclic) bond motifs is 1. The van der Waals surface area contributed by atoms with Gasteiger partial charge >= 0.3 is 0 Å². The quantitative estimate of drug-likeness (QED) is 0.790. The van der Waals surface area contributed by atoms with E-state index in [9.17, 15) is 9.59 Å². The summed E-state index contributed by atoms with van der Waals surface area (Å²) < 4.78 is 5.94. The molecule has 0 unspecified atom stereocenters. The summed E-state index contributed by atoms with van der Waals surface area (Å²) in [7, 11) is 0. The topological polar surface area (TPSA) is 46.6 Å². The van der Waals surface area contributed by atoms with Crippen LogP contribution in [0.4, 0.5) is 0 Å². The van der Waals surface area contributed by atoms with Crippen LogP contribution in [-0.4, -0.2) is 29.9 Å². The van der Waals surface area contributed by atoms with Gasteiger partial charge in [-0.15, -0.1) is 0 Å². The van der Waals surface area contributed by atoms with Crippen molar-refractivity contribution in [3.05, 3.63) is 64.7 Å². The van der Waals surface area contributed by atoms with Gasteiger partial charge in [0.15, 0.2) is 0 Å². The van der Waals surface area contributed by atoms with Crippen LogP contribution in [0.5, 0.6) is 5.75 Å². The maximum absolute atomic E-state index is 12.4. The molecular weight excluding hydrogens is 302 g/mol. The van der Waals surface area contributed by atoms with Gasteiger partial charge in [0, 0.05) is 12.5 Å². The van der Waals surface area contributed by atoms with E-state index in [4.69, 9.17) is 4.74 Å². The van der Waals surface area contributed by atoms with E-state index in [1.165, 1.54) is 4.90 Å². The average Bonchev–Trinajstić information content (AvgIpc) is 2.80. The molecule has 0 aromatic heterocycles. The Kier molecular flexibility index (Phi) is 4.38. The summed E-state index contributed by atoms with van der Waals surface area (Å²) in [6.45, 7) is 6.82. The van der Waals surface area contributed by atoms with E-state index >= 15 is 0 Å². The van der Waals surface area contributed by atoms with Crippen LogP contribution in [0.2, 0.25) is 0 Å². The fraction of sp³-hybridized carbons (Fsp3) is 0.300. The van der Waals surface area contributed by atoms with Crippen LogP contribution in [-0.2, 0) is 0 Å². The van der Waals surface area contributed by atoms with Crippen molar-refractivity contribution in [3.8, 4) is 5.75 Å². The maximum atomic E-state index is 12.4. The smallest absolute Gasteiger partial charge is 0.261 e. The second-order valence-corrected chi connectivity index (χ2v) is 6.40. The van der Waals surface area contributed by atoms with Gasteiger partial charge in [0.25, 0.3) is 11.8 Å². The van der Waals surface area contributed by atoms with Gasteiger partial charge in [-0.05, 0) is 37.1 Å². The maximum Gasteiger partial charge on any atom is 0.261 e. The number of hydrogen-bond acceptors (Lipinski definition) is 3. The summed E-state index contributed by atoms with van der Waals surface area (Å²) >= 11 is 0. The number of benzene rings is 2. The van der Waals surface area contributed by atoms with Crippen LogP contribution in [0.25, 0.3) is 0 Å². The van der Waals surface area contributed by atoms with Crippen LogP contribution in [0.3, 0.4) is 0 Å². The third-order valence-electron chi connectivity index (χ3n) is 4.29. The Bertz CT molecular complexity index is 742. The van der Waals surface area contributed by atoms with E-state index < -0.39 is 0 Å². The molecule has 0 saturated carbocycles. The first kappa shape index (κ1) is 16.2. The Hall–Kier alpha value is -2.62. The summed E-state index contributed by atoms with van der Waals surface area (Å²) in [5.74, 6) is 0.502. The fourth-order valence-electron chi connectivity index (χ4n) is 3.02. The van der Waals surface area contributed by atoms with Crippen molar-refractivity contribution in [2.24, 2.45) is 5.92 Å². The van der Waals surface area contributed by atoms with Gasteiger partial charge < -0.3 is 4.74 Å². The molecule has 4 heteroatoms. The number of ether oxygens (including phenoxy) is 1. The zero-order valence-electron chi connectivity index (χ0n) is 14.2. The Morgan fingerprint density at radius 3 is 2.00 bits per heavy atom. The summed E-state index contributed by atoms with van der Waals surface area (Å²) in [5.41, 5.74) is 3.15. The Morgan fingerprint density at radius 1 is 0.917 bits per heavy atom. The van der Waals surface area contributed by atoms with Crippen molar-refractivity contribution in [3.63, 3.8) is 0 Å². The van der Waals surface area contributed by atoms with Crippen LogP contribution < -0.4 is 4.74 Å². The van der Waals surface area contributed by atoms with Gasteiger partial charge in [-0.25, -0.2) is 0 Å². The van der Waals surface area contributed by atoms with Crippen molar-refractivity contribution < 1.29 is 14.3 Å². The molecule has 1 atom stereocenters. The van der Waals surface area contributed by atoms with Gasteiger partial charge in [0.05, 0.1) is 17.7 Å². The molecule has 24 heavy (non-hydrogen) atoms. The normalized spacial score (nSPS) is 14.7. The number of nitrogens with zero attached hydrogens (tertiary/aromatic N) is 1. The lowest BCUT2D eigenvalue weighted by molar-refractivity contribution is 0.0618. The Morgan fingerprint density at radius 2 is 1.46 bits per heavy atom. The third-order valence-corrected chi connectivity index (χ3v) is 4.29. The molecule has 1 aliphatic rings. The number of aryl methyl sites for hydroxylation is 2. The van der Waals surface area contributed by atoms with Crippen LogP contribution in [0, 0.1) is 19.8 Å². The minimum Gasteiger partial charge on any atom is -0.493 e. The molecule has 0 fully saturated rings. The fourth-order valence-corrected chi connectivity index (χ4v) is 3.02. The lowest BCUT2D eigenvalue weighted by atomic mass is 10.1. The third kappa shape index (κ3) is 2.92. The Balaban J connectivity index is 1.65. The molecule has 2 aromatic rings. The minimum atomic E-state index is -0.213. The predicted octanol–water partition coefficient (Wildman–Crippen LogP) is 3.61. The molecule has 0 radical (unpaired) electrons. The SMILES string of the molecule is Cc1cccc(C)c1OC[C@H](C)CN1C(=O)c2ccccc2C1=O. The van der Waals surface area contributed by atoms with Crippen molar-refractivity contribution in [1.29, 1.82) is 0 Å². The van der Waals surface area contributed by atoms with Crippen molar-refractivity contribution in [1.82, 2.24) is 4.90 Å². The van der Waals surface area contributed by atoms with Crippen molar-refractivity contribution >= 4 is 11.8 Å². The number of hydrogen-bond donors (Lipinski definition) is 0. The van der Waals surface area contributed by atoms with Crippen molar-refractivity contribution in [2.75, 3.05) is 13.2 Å². The van der Waals surface area contributed by atoms with E-state index in [1.807, 2.05) is 39.0 Å². The molecule has 1 heterocycles. The number of rotatable bonds is 5. The molecule has 3 rings (SSSR count). The monoisotopic (exact) mass is 323 g/mol. The number of para-hydroxylation sites is 1. The molecule has 0 N–H and O–H groups in total. The van der Waals surface area contributed by atoms with E-state index in [0.29, 0.717) is 24.3 Å². The number of carbonyl (C=O) groups excluding carboxylic acids is 2. The van der Waals surface area contributed by atoms with Gasteiger partial charge in [0.1, 0.15) is 5.75 Å². The summed E-state index contributed by atoms with van der Waals surface area (Å²) in [6, 6.07) is 13.0. The molecular formula is C20H21NO3. The van der Waals surface area contributed by atoms with Crippen LogP contribution in [0.15, 0.2) is 42.5 Å². The largest absolute Gasteiger partial charge is 0.493 e. The van der Waals surface area contributed by atoms with Gasteiger partial charge in [-0.2, -0.15) is 0 Å². The van der Waals surface area contributed by atoms with E-state index in [0.717, 1.165) is 16.9 Å². The van der Waals surface area contributed by atoms with E-state index in [1.54, 1.807) is 24.3 Å². The lowest BCUT2D eigenvalue weighted by Crippen LogP contribution is -2.35. The van der Waals surface area contributed by atoms with Crippen LogP contribution >= 0.6 is 0 Å². The molecule has 0 spiro atoms. The molecule has 124 valence electrons. The first-order valence-corrected chi connectivity index (χ1v) is 8.13. The van der Waals surface area contributed by atoms with Gasteiger partial charge in [-0.1, -0.05) is 37.3 Å². The zero-order valence-corrected chi connectivity index (χ0v) is 14.2. The first-order chi connectivity index (χ1) is 11.5. The molecule has 0 aliphatic carbocycles. The molecule has 2 amide bonds. The van der Waals surface area contributed by atoms with E-state index in [-0.39, 0.29) is 17.7 Å². The van der Waals surface area contributed by atoms with Gasteiger partial charge in [0.2, 0.25) is 0 Å². The van der Waals surface area contributed by atoms with E-state index in [2.05, 4.69) is 0 Å². The standard InChI is InChI=1S/C20H21NO3/c1-13(12-24-18-14(2)7-6-8-15(18)3)11-21-19(22)16-9-4-5-10-17(16)20(21)23/h4-10,13H,11-12H2,1-3H3/t13-/m1/s1. The highest BCUT2D eigenvalue weighted by atomic mass is 16.5. The predicted molar refractivity (Wildman–Crippen MR) is 92.4 cm³/mol. The average molecular weight is 323 g/mol. The van der Waals surface area contributed by atoms with Crippen LogP contribution in [0.1, 0.15) is 38.8 Å². The highest BCUT2D eigenvalue weighted by Gasteiger charge is 2.35. The lowest BCUT2D eigenvalue weighted by Gasteiger charge is -2.20. The minimum absolute atomic E-state index is 0.0474. The molecule has 2 aromatic carbocycles. The number of imide groups is 1. The molecule has 1 aliphatic heterocycles. The molecule has 0 bridgehead atoms. The molecule has 0 saturated heterocycles. The number of carbonyl (C=O) groups is 2. The van der Waals surface area contributed by atoms with Crippen molar-refractivity contribution in [2.45, 2.75) is 20.8 Å². The zero-order chi connectivity index (χ0) is 17.3. The highest BCUT2D eigenvalue weighted by Crippen LogP contribution is 2.25. The first-order valence-electron chi connectivity index (χ1n) is 8.13.